The first-order valence-electron chi connectivity index (χ1n) is 14.7. The number of nitrogens with one attached hydrogen (secondary N) is 1. The number of likely N-dealkylation sites (tertiary alicyclic amines) is 1. The molecule has 230 valence electrons. The van der Waals surface area contributed by atoms with E-state index in [9.17, 15) is 9.59 Å². The molecule has 5 heterocycles. The molecule has 6 rings (SSSR count). The van der Waals surface area contributed by atoms with Gasteiger partial charge in [-0.1, -0.05) is 6.92 Å². The number of benzene rings is 1. The maximum atomic E-state index is 15.3. The van der Waals surface area contributed by atoms with Gasteiger partial charge in [0.15, 0.2) is 0 Å². The van der Waals surface area contributed by atoms with Crippen LogP contribution in [-0.2, 0) is 16.1 Å². The number of carbonyl (C=O) groups excluding carboxylic acids is 2. The maximum Gasteiger partial charge on any atom is 0.229 e. The van der Waals surface area contributed by atoms with Crippen molar-refractivity contribution in [1.82, 2.24) is 29.4 Å². The third-order valence-electron chi connectivity index (χ3n) is 8.58. The van der Waals surface area contributed by atoms with E-state index in [0.29, 0.717) is 48.8 Å². The van der Waals surface area contributed by atoms with E-state index in [0.717, 1.165) is 12.1 Å². The summed E-state index contributed by atoms with van der Waals surface area (Å²) in [6.45, 7) is 5.56. The summed E-state index contributed by atoms with van der Waals surface area (Å²) in [5.74, 6) is -1.11. The number of imidazole rings is 1. The monoisotopic (exact) mass is 603 g/mol. The Kier molecular flexibility index (Phi) is 7.89. The number of piperidine rings is 1. The highest BCUT2D eigenvalue weighted by atomic mass is 19.1. The fraction of sp³-hybridized carbons (Fsp3) is 0.387. The van der Waals surface area contributed by atoms with Crippen molar-refractivity contribution >= 4 is 34.7 Å². The van der Waals surface area contributed by atoms with Crippen LogP contribution in [0.15, 0.2) is 48.9 Å². The molecule has 44 heavy (non-hydrogen) atoms. The van der Waals surface area contributed by atoms with Crippen LogP contribution in [0.25, 0.3) is 16.8 Å². The summed E-state index contributed by atoms with van der Waals surface area (Å²) >= 11 is 0. The van der Waals surface area contributed by atoms with Gasteiger partial charge in [0, 0.05) is 58.8 Å². The first-order chi connectivity index (χ1) is 21.1. The summed E-state index contributed by atoms with van der Waals surface area (Å²) in [5.41, 5.74) is 8.93. The van der Waals surface area contributed by atoms with Crippen LogP contribution in [0.2, 0.25) is 0 Å². The standard InChI is InChI=1S/C31H35F2N9O2/c1-18-15-41(17-24(34)30(18)39(3)19(2)43)27-8-9-35-14-26(27)37-31-36-13-21-6-7-25(38-42(21)31)29-22(32)11-20(12-23(29)33)16-40-10-4-5-28(40)44/h6-9,11-14,18,24,30H,4-5,10,15-17,34H2,1-3H3,(H,36,37). The minimum absolute atomic E-state index is 0.0126. The molecule has 2 saturated heterocycles. The van der Waals surface area contributed by atoms with E-state index in [1.165, 1.54) is 16.6 Å². The van der Waals surface area contributed by atoms with E-state index in [1.807, 2.05) is 6.07 Å². The molecule has 2 aliphatic rings. The second-order valence-corrected chi connectivity index (χ2v) is 11.7. The molecule has 3 aromatic heterocycles. The Morgan fingerprint density at radius 2 is 1.93 bits per heavy atom. The van der Waals surface area contributed by atoms with Crippen molar-refractivity contribution in [3.05, 3.63) is 66.1 Å². The molecule has 3 unspecified atom stereocenters. The predicted molar refractivity (Wildman–Crippen MR) is 162 cm³/mol. The molecule has 0 radical (unpaired) electrons. The molecule has 0 saturated carbocycles. The lowest BCUT2D eigenvalue weighted by Crippen LogP contribution is -2.62. The van der Waals surface area contributed by atoms with Gasteiger partial charge in [-0.05, 0) is 48.2 Å². The Morgan fingerprint density at radius 1 is 1.16 bits per heavy atom. The summed E-state index contributed by atoms with van der Waals surface area (Å²) in [4.78, 5) is 38.3. The topological polar surface area (TPSA) is 125 Å². The molecule has 3 atom stereocenters. The van der Waals surface area contributed by atoms with Crippen LogP contribution in [0.5, 0.6) is 0 Å². The van der Waals surface area contributed by atoms with Crippen molar-refractivity contribution < 1.29 is 18.4 Å². The molecular formula is C31H35F2N9O2. The quantitative estimate of drug-likeness (QED) is 0.329. The van der Waals surface area contributed by atoms with Crippen molar-refractivity contribution in [2.75, 3.05) is 36.9 Å². The molecule has 0 bridgehead atoms. The van der Waals surface area contributed by atoms with Gasteiger partial charge < -0.3 is 25.8 Å². The smallest absolute Gasteiger partial charge is 0.229 e. The van der Waals surface area contributed by atoms with Crippen molar-refractivity contribution in [2.45, 2.75) is 45.3 Å². The molecule has 2 aliphatic heterocycles. The van der Waals surface area contributed by atoms with Gasteiger partial charge in [-0.15, -0.1) is 0 Å². The molecular weight excluding hydrogens is 568 g/mol. The van der Waals surface area contributed by atoms with Crippen LogP contribution < -0.4 is 16.0 Å². The third-order valence-corrected chi connectivity index (χ3v) is 8.58. The van der Waals surface area contributed by atoms with E-state index in [4.69, 9.17) is 5.73 Å². The van der Waals surface area contributed by atoms with Gasteiger partial charge in [0.25, 0.3) is 0 Å². The minimum atomic E-state index is -0.757. The van der Waals surface area contributed by atoms with Crippen molar-refractivity contribution in [2.24, 2.45) is 11.7 Å². The molecule has 2 amide bonds. The second kappa shape index (κ2) is 11.8. The molecule has 11 nitrogen and oxygen atoms in total. The summed E-state index contributed by atoms with van der Waals surface area (Å²) in [6.07, 6.45) is 6.18. The molecule has 1 aromatic carbocycles. The molecule has 0 spiro atoms. The Hall–Kier alpha value is -4.65. The highest BCUT2D eigenvalue weighted by molar-refractivity contribution is 5.78. The fourth-order valence-electron chi connectivity index (χ4n) is 6.42. The number of carbonyl (C=O) groups is 2. The molecule has 0 aliphatic carbocycles. The Morgan fingerprint density at radius 3 is 2.61 bits per heavy atom. The van der Waals surface area contributed by atoms with E-state index in [2.05, 4.69) is 32.2 Å². The molecule has 3 N–H and O–H groups in total. The number of halogens is 2. The number of amides is 2. The largest absolute Gasteiger partial charge is 0.368 e. The molecule has 4 aromatic rings. The summed E-state index contributed by atoms with van der Waals surface area (Å²) in [6, 6.07) is 7.29. The number of pyridine rings is 1. The zero-order valence-electron chi connectivity index (χ0n) is 24.9. The lowest BCUT2D eigenvalue weighted by molar-refractivity contribution is -0.131. The lowest BCUT2D eigenvalue weighted by Gasteiger charge is -2.46. The lowest BCUT2D eigenvalue weighted by atomic mass is 9.88. The van der Waals surface area contributed by atoms with Crippen LogP contribution in [0.3, 0.4) is 0 Å². The first-order valence-corrected chi connectivity index (χ1v) is 14.7. The van der Waals surface area contributed by atoms with E-state index in [1.54, 1.807) is 54.5 Å². The fourth-order valence-corrected chi connectivity index (χ4v) is 6.42. The molecule has 2 fully saturated rings. The normalized spacial score (nSPS) is 20.4. The number of aromatic nitrogens is 4. The van der Waals surface area contributed by atoms with Gasteiger partial charge in [0.2, 0.25) is 17.8 Å². The zero-order chi connectivity index (χ0) is 31.1. The van der Waals surface area contributed by atoms with E-state index in [-0.39, 0.29) is 47.6 Å². The van der Waals surface area contributed by atoms with Crippen molar-refractivity contribution in [3.63, 3.8) is 0 Å². The Balaban J connectivity index is 1.27. The number of fused-ring (bicyclic) bond motifs is 1. The van der Waals surface area contributed by atoms with Crippen LogP contribution >= 0.6 is 0 Å². The highest BCUT2D eigenvalue weighted by Crippen LogP contribution is 2.33. The number of anilines is 3. The second-order valence-electron chi connectivity index (χ2n) is 11.7. The minimum Gasteiger partial charge on any atom is -0.368 e. The molecule has 13 heteroatoms. The number of nitrogens with two attached hydrogens (primary N) is 1. The number of nitrogens with zero attached hydrogens (tertiary/aromatic N) is 7. The zero-order valence-corrected chi connectivity index (χ0v) is 24.9. The van der Waals surface area contributed by atoms with Gasteiger partial charge >= 0.3 is 0 Å². The Bertz CT molecular complexity index is 1690. The Labute approximate surface area is 253 Å². The van der Waals surface area contributed by atoms with Crippen molar-refractivity contribution in [3.8, 4) is 11.3 Å². The average Bonchev–Trinajstić information content (AvgIpc) is 3.57. The van der Waals surface area contributed by atoms with Crippen molar-refractivity contribution in [1.29, 1.82) is 0 Å². The number of likely N-dealkylation sites (N-methyl/N-ethyl adjacent to an activating group) is 1. The van der Waals surface area contributed by atoms with Crippen LogP contribution in [-0.4, -0.2) is 80.0 Å². The average molecular weight is 604 g/mol. The first kappa shape index (κ1) is 29.4. The predicted octanol–water partition coefficient (Wildman–Crippen LogP) is 3.57. The third kappa shape index (κ3) is 5.54. The van der Waals surface area contributed by atoms with Gasteiger partial charge in [-0.3, -0.25) is 14.6 Å². The van der Waals surface area contributed by atoms with Crippen LogP contribution in [0.1, 0.15) is 32.3 Å². The van der Waals surface area contributed by atoms with Gasteiger partial charge in [-0.25, -0.2) is 13.8 Å². The van der Waals surface area contributed by atoms with Crippen LogP contribution in [0, 0.1) is 17.6 Å². The van der Waals surface area contributed by atoms with Gasteiger partial charge in [-0.2, -0.15) is 9.61 Å². The van der Waals surface area contributed by atoms with E-state index >= 15 is 8.78 Å². The number of rotatable bonds is 7. The number of hydrogen-bond acceptors (Lipinski definition) is 8. The van der Waals surface area contributed by atoms with Gasteiger partial charge in [0.05, 0.1) is 46.6 Å². The van der Waals surface area contributed by atoms with Gasteiger partial charge in [0.1, 0.15) is 11.6 Å². The maximum absolute atomic E-state index is 15.3. The van der Waals surface area contributed by atoms with E-state index < -0.39 is 11.6 Å². The van der Waals surface area contributed by atoms with Crippen LogP contribution in [0.4, 0.5) is 26.1 Å². The number of hydrogen-bond donors (Lipinski definition) is 2. The highest BCUT2D eigenvalue weighted by Gasteiger charge is 2.36. The SMILES string of the molecule is CC(=O)N(C)C1C(C)CN(c2ccncc2Nc2ncc3ccc(-c4c(F)cc(CN5CCCC5=O)cc4F)nn23)CC1N. The summed E-state index contributed by atoms with van der Waals surface area (Å²) < 4.78 is 32.1. The summed E-state index contributed by atoms with van der Waals surface area (Å²) in [5, 5.41) is 7.83. The summed E-state index contributed by atoms with van der Waals surface area (Å²) in [7, 11) is 1.78.